The first-order valence-electron chi connectivity index (χ1n) is 10.1. The van der Waals surface area contributed by atoms with Gasteiger partial charge in [0, 0.05) is 0 Å². The van der Waals surface area contributed by atoms with Crippen LogP contribution in [0.5, 0.6) is 0 Å². The highest BCUT2D eigenvalue weighted by Gasteiger charge is 2.27. The third kappa shape index (κ3) is 11.9. The van der Waals surface area contributed by atoms with Crippen LogP contribution in [0.25, 0.3) is 0 Å². The number of nitrogens with two attached hydrogens (primary N) is 4. The van der Waals surface area contributed by atoms with E-state index in [0.717, 1.165) is 12.8 Å². The molecule has 0 saturated heterocycles. The molecule has 0 bridgehead atoms. The summed E-state index contributed by atoms with van der Waals surface area (Å²) in [5.74, 6) is -2.07. The van der Waals surface area contributed by atoms with Gasteiger partial charge in [0.25, 0.3) is 0 Å². The molecule has 0 aliphatic rings. The molecular formula is C18H38N6O4. The van der Waals surface area contributed by atoms with Crippen LogP contribution in [0.1, 0.15) is 57.8 Å². The Morgan fingerprint density at radius 3 is 1.57 bits per heavy atom. The lowest BCUT2D eigenvalue weighted by atomic mass is 10.0. The lowest BCUT2D eigenvalue weighted by Gasteiger charge is -2.23. The van der Waals surface area contributed by atoms with Crippen molar-refractivity contribution in [1.29, 1.82) is 0 Å². The van der Waals surface area contributed by atoms with Gasteiger partial charge in [-0.25, -0.2) is 4.79 Å². The molecule has 3 atom stereocenters. The molecule has 0 saturated carbocycles. The molecule has 0 fully saturated rings. The highest BCUT2D eigenvalue weighted by molar-refractivity contribution is 5.91. The molecule has 11 N–H and O–H groups in total. The van der Waals surface area contributed by atoms with Crippen molar-refractivity contribution in [3.8, 4) is 0 Å². The molecule has 0 aliphatic carbocycles. The van der Waals surface area contributed by atoms with Crippen molar-refractivity contribution in [2.45, 2.75) is 75.9 Å². The second-order valence-corrected chi connectivity index (χ2v) is 6.92. The minimum absolute atomic E-state index is 0.278. The van der Waals surface area contributed by atoms with Crippen molar-refractivity contribution in [1.82, 2.24) is 10.6 Å². The van der Waals surface area contributed by atoms with E-state index in [1.807, 2.05) is 0 Å². The van der Waals surface area contributed by atoms with Gasteiger partial charge in [-0.05, 0) is 71.0 Å². The minimum atomic E-state index is -1.11. The van der Waals surface area contributed by atoms with Gasteiger partial charge in [0.2, 0.25) is 11.8 Å². The van der Waals surface area contributed by atoms with Gasteiger partial charge in [-0.3, -0.25) is 9.59 Å². The van der Waals surface area contributed by atoms with Crippen molar-refractivity contribution in [3.63, 3.8) is 0 Å². The summed E-state index contributed by atoms with van der Waals surface area (Å²) in [6, 6.07) is -2.61. The third-order valence-corrected chi connectivity index (χ3v) is 4.45. The molecule has 164 valence electrons. The van der Waals surface area contributed by atoms with Crippen LogP contribution in [0.4, 0.5) is 0 Å². The monoisotopic (exact) mass is 402 g/mol. The van der Waals surface area contributed by atoms with Gasteiger partial charge >= 0.3 is 5.97 Å². The lowest BCUT2D eigenvalue weighted by Crippen LogP contribution is -2.54. The van der Waals surface area contributed by atoms with Crippen molar-refractivity contribution in [2.75, 3.05) is 19.6 Å². The lowest BCUT2D eigenvalue weighted by molar-refractivity contribution is -0.142. The standard InChI is InChI=1S/C18H38N6O4/c19-10-4-1-7-13(22)16(25)23-14(8-2-5-11-20)17(26)24-15(18(27)28)9-3-6-12-21/h13-15H,1-12,19-22H2,(H,23,25)(H,24,26)(H,27,28)/t13-,14+,15-/m1/s1. The Labute approximate surface area is 167 Å². The summed E-state index contributed by atoms with van der Waals surface area (Å²) in [6.45, 7) is 1.46. The molecule has 0 rings (SSSR count). The van der Waals surface area contributed by atoms with Crippen LogP contribution in [0.2, 0.25) is 0 Å². The maximum Gasteiger partial charge on any atom is 0.326 e. The van der Waals surface area contributed by atoms with E-state index >= 15 is 0 Å². The van der Waals surface area contributed by atoms with E-state index in [0.29, 0.717) is 58.2 Å². The number of carbonyl (C=O) groups excluding carboxylic acids is 2. The van der Waals surface area contributed by atoms with Crippen molar-refractivity contribution >= 4 is 17.8 Å². The van der Waals surface area contributed by atoms with Crippen LogP contribution < -0.4 is 33.6 Å². The number of rotatable bonds is 17. The zero-order valence-electron chi connectivity index (χ0n) is 16.7. The average molecular weight is 403 g/mol. The minimum Gasteiger partial charge on any atom is -0.480 e. The van der Waals surface area contributed by atoms with Gasteiger partial charge < -0.3 is 38.7 Å². The van der Waals surface area contributed by atoms with Crippen LogP contribution in [-0.4, -0.2) is 60.6 Å². The number of carboxylic acids is 1. The Hall–Kier alpha value is -1.75. The highest BCUT2D eigenvalue weighted by Crippen LogP contribution is 2.06. The molecule has 2 amide bonds. The summed E-state index contributed by atoms with van der Waals surface area (Å²) >= 11 is 0. The van der Waals surface area contributed by atoms with Crippen molar-refractivity contribution in [2.24, 2.45) is 22.9 Å². The largest absolute Gasteiger partial charge is 0.480 e. The van der Waals surface area contributed by atoms with Crippen molar-refractivity contribution < 1.29 is 19.5 Å². The van der Waals surface area contributed by atoms with Crippen LogP contribution in [0.3, 0.4) is 0 Å². The predicted molar refractivity (Wildman–Crippen MR) is 108 cm³/mol. The number of nitrogens with one attached hydrogen (secondary N) is 2. The SMILES string of the molecule is NCCCC[C@@H](N)C(=O)N[C@@H](CCCCN)C(=O)N[C@H](CCCCN)C(=O)O. The van der Waals surface area contributed by atoms with Gasteiger partial charge in [-0.1, -0.05) is 6.42 Å². The van der Waals surface area contributed by atoms with Gasteiger partial charge in [0.1, 0.15) is 12.1 Å². The molecular weight excluding hydrogens is 364 g/mol. The first kappa shape index (κ1) is 26.2. The first-order valence-corrected chi connectivity index (χ1v) is 10.1. The molecule has 0 unspecified atom stereocenters. The summed E-state index contributed by atoms with van der Waals surface area (Å²) < 4.78 is 0. The van der Waals surface area contributed by atoms with Crippen LogP contribution in [0, 0.1) is 0 Å². The normalized spacial score (nSPS) is 14.1. The van der Waals surface area contributed by atoms with E-state index in [9.17, 15) is 19.5 Å². The Balaban J connectivity index is 4.86. The number of carboxylic acid groups (broad SMARTS) is 1. The number of aliphatic carboxylic acids is 1. The van der Waals surface area contributed by atoms with Gasteiger partial charge in [-0.15, -0.1) is 0 Å². The smallest absolute Gasteiger partial charge is 0.326 e. The first-order chi connectivity index (χ1) is 13.4. The molecule has 0 radical (unpaired) electrons. The summed E-state index contributed by atoms with van der Waals surface area (Å²) in [6.07, 6.45) is 5.18. The summed E-state index contributed by atoms with van der Waals surface area (Å²) in [4.78, 5) is 36.3. The van der Waals surface area contributed by atoms with E-state index < -0.39 is 35.9 Å². The topological polar surface area (TPSA) is 200 Å². The Kier molecular flexibility index (Phi) is 15.2. The maximum atomic E-state index is 12.6. The van der Waals surface area contributed by atoms with Gasteiger partial charge in [0.15, 0.2) is 0 Å². The molecule has 0 aromatic rings. The van der Waals surface area contributed by atoms with E-state index in [1.165, 1.54) is 0 Å². The quantitative estimate of drug-likeness (QED) is 0.146. The third-order valence-electron chi connectivity index (χ3n) is 4.45. The number of hydrogen-bond acceptors (Lipinski definition) is 7. The van der Waals surface area contributed by atoms with E-state index in [-0.39, 0.29) is 6.42 Å². The van der Waals surface area contributed by atoms with Crippen LogP contribution in [0.15, 0.2) is 0 Å². The van der Waals surface area contributed by atoms with E-state index in [2.05, 4.69) is 10.6 Å². The van der Waals surface area contributed by atoms with E-state index in [1.54, 1.807) is 0 Å². The van der Waals surface area contributed by atoms with Gasteiger partial charge in [0.05, 0.1) is 6.04 Å². The predicted octanol–water partition coefficient (Wildman–Crippen LogP) is -1.25. The van der Waals surface area contributed by atoms with E-state index in [4.69, 9.17) is 22.9 Å². The Bertz CT molecular complexity index is 463. The number of hydrogen-bond donors (Lipinski definition) is 7. The summed E-state index contributed by atoms with van der Waals surface area (Å²) in [5, 5.41) is 14.5. The van der Waals surface area contributed by atoms with Crippen molar-refractivity contribution in [3.05, 3.63) is 0 Å². The van der Waals surface area contributed by atoms with Crippen LogP contribution in [-0.2, 0) is 14.4 Å². The number of amides is 2. The fraction of sp³-hybridized carbons (Fsp3) is 0.833. The number of unbranched alkanes of at least 4 members (excludes halogenated alkanes) is 3. The van der Waals surface area contributed by atoms with Gasteiger partial charge in [-0.2, -0.15) is 0 Å². The fourth-order valence-corrected chi connectivity index (χ4v) is 2.70. The summed E-state index contributed by atoms with van der Waals surface area (Å²) in [7, 11) is 0. The zero-order valence-corrected chi connectivity index (χ0v) is 16.7. The fourth-order valence-electron chi connectivity index (χ4n) is 2.70. The molecule has 28 heavy (non-hydrogen) atoms. The Morgan fingerprint density at radius 1 is 0.679 bits per heavy atom. The molecule has 0 aromatic carbocycles. The molecule has 10 nitrogen and oxygen atoms in total. The highest BCUT2D eigenvalue weighted by atomic mass is 16.4. The molecule has 0 spiro atoms. The zero-order chi connectivity index (χ0) is 21.4. The van der Waals surface area contributed by atoms with Crippen LogP contribution >= 0.6 is 0 Å². The maximum absolute atomic E-state index is 12.6. The number of carbonyl (C=O) groups is 3. The second-order valence-electron chi connectivity index (χ2n) is 6.92. The molecule has 10 heteroatoms. The average Bonchev–Trinajstić information content (AvgIpc) is 2.66. The molecule has 0 aromatic heterocycles. The second kappa shape index (κ2) is 16.2. The Morgan fingerprint density at radius 2 is 1.11 bits per heavy atom. The molecule has 0 heterocycles. The molecule has 0 aliphatic heterocycles. The summed E-state index contributed by atoms with van der Waals surface area (Å²) in [5.41, 5.74) is 22.2.